The van der Waals surface area contributed by atoms with E-state index in [1.54, 1.807) is 18.4 Å². The highest BCUT2D eigenvalue weighted by Crippen LogP contribution is 2.33. The third-order valence-electron chi connectivity index (χ3n) is 5.21. The first-order valence-corrected chi connectivity index (χ1v) is 12.5. The van der Waals surface area contributed by atoms with E-state index in [9.17, 15) is 4.79 Å². The monoisotopic (exact) mass is 506 g/mol. The number of nitrogens with zero attached hydrogens (tertiary/aromatic N) is 1. The quantitative estimate of drug-likeness (QED) is 0.124. The van der Waals surface area contributed by atoms with Gasteiger partial charge in [-0.1, -0.05) is 24.3 Å². The highest BCUT2D eigenvalue weighted by molar-refractivity contribution is 7.97. The lowest BCUT2D eigenvalue weighted by molar-refractivity contribution is -0.114. The maximum atomic E-state index is 11.7. The molecule has 0 saturated carbocycles. The minimum absolute atomic E-state index is 0.0363. The molecule has 35 heavy (non-hydrogen) atoms. The van der Waals surface area contributed by atoms with E-state index in [0.29, 0.717) is 17.7 Å². The topological polar surface area (TPSA) is 139 Å². The molecule has 0 radical (unpaired) electrons. The molecule has 180 valence electrons. The predicted molar refractivity (Wildman–Crippen MR) is 143 cm³/mol. The number of fused-ring (bicyclic) bond motifs is 1. The molecule has 0 aliphatic rings. The molecule has 0 aliphatic heterocycles. The van der Waals surface area contributed by atoms with Gasteiger partial charge in [0, 0.05) is 16.1 Å². The van der Waals surface area contributed by atoms with Gasteiger partial charge in [-0.3, -0.25) is 10.2 Å². The number of benzene rings is 3. The van der Waals surface area contributed by atoms with Gasteiger partial charge in [-0.25, -0.2) is 9.71 Å². The molecule has 1 aromatic heterocycles. The van der Waals surface area contributed by atoms with E-state index in [-0.39, 0.29) is 24.3 Å². The Balaban J connectivity index is 1.60. The van der Waals surface area contributed by atoms with Crippen molar-refractivity contribution in [3.63, 3.8) is 0 Å². The highest BCUT2D eigenvalue weighted by Gasteiger charge is 2.18. The number of amides is 1. The molecule has 10 heteroatoms. The van der Waals surface area contributed by atoms with Gasteiger partial charge in [0.15, 0.2) is 0 Å². The van der Waals surface area contributed by atoms with Crippen molar-refractivity contribution in [1.82, 2.24) is 9.71 Å². The number of carbonyl (C=O) groups excluding carboxylic acids is 1. The number of rotatable bonds is 10. The summed E-state index contributed by atoms with van der Waals surface area (Å²) in [5.74, 6) is 0.583. The van der Waals surface area contributed by atoms with E-state index in [2.05, 4.69) is 10.0 Å². The second-order valence-electron chi connectivity index (χ2n) is 7.76. The van der Waals surface area contributed by atoms with Crippen LogP contribution in [0.25, 0.3) is 10.2 Å². The van der Waals surface area contributed by atoms with Gasteiger partial charge in [0.25, 0.3) is 0 Å². The molecule has 0 fully saturated rings. The maximum Gasteiger partial charge on any atom is 0.238 e. The number of anilines is 1. The van der Waals surface area contributed by atoms with Crippen LogP contribution in [0.5, 0.6) is 5.75 Å². The van der Waals surface area contributed by atoms with Crippen molar-refractivity contribution in [3.8, 4) is 5.75 Å². The molecule has 4 rings (SSSR count). The Morgan fingerprint density at radius 1 is 1.17 bits per heavy atom. The number of nitrogens with one attached hydrogen (secondary N) is 3. The van der Waals surface area contributed by atoms with Crippen molar-refractivity contribution in [2.75, 3.05) is 19.0 Å². The van der Waals surface area contributed by atoms with Crippen LogP contribution in [0.4, 0.5) is 5.69 Å². The summed E-state index contributed by atoms with van der Waals surface area (Å²) in [5, 5.41) is 11.5. The first kappa shape index (κ1) is 24.7. The average molecular weight is 507 g/mol. The van der Waals surface area contributed by atoms with E-state index in [0.717, 1.165) is 31.4 Å². The van der Waals surface area contributed by atoms with E-state index in [1.807, 2.05) is 66.7 Å². The van der Waals surface area contributed by atoms with Crippen molar-refractivity contribution < 1.29 is 9.53 Å². The molecule has 1 amide bonds. The summed E-state index contributed by atoms with van der Waals surface area (Å²) < 4.78 is 9.95. The zero-order chi connectivity index (χ0) is 24.8. The van der Waals surface area contributed by atoms with Crippen molar-refractivity contribution >= 4 is 50.9 Å². The molecule has 4 aromatic rings. The fourth-order valence-electron chi connectivity index (χ4n) is 3.47. The minimum atomic E-state index is -0.242. The fraction of sp³-hybridized carbons (Fsp3) is 0.160. The Kier molecular flexibility index (Phi) is 7.98. The smallest absolute Gasteiger partial charge is 0.238 e. The molecule has 8 nitrogen and oxygen atoms in total. The lowest BCUT2D eigenvalue weighted by Gasteiger charge is -2.17. The highest BCUT2D eigenvalue weighted by atomic mass is 32.2. The number of methoxy groups -OCH3 is 1. The third-order valence-corrected chi connectivity index (χ3v) is 7.23. The number of hydrogen-bond acceptors (Lipinski definition) is 8. The molecule has 7 N–H and O–H groups in total. The van der Waals surface area contributed by atoms with Gasteiger partial charge in [0.05, 0.1) is 29.9 Å². The molecular weight excluding hydrogens is 480 g/mol. The van der Waals surface area contributed by atoms with Crippen LogP contribution in [0.3, 0.4) is 0 Å². The molecule has 0 aliphatic carbocycles. The Morgan fingerprint density at radius 3 is 2.77 bits per heavy atom. The summed E-state index contributed by atoms with van der Waals surface area (Å²) >= 11 is 3.07. The molecule has 0 spiro atoms. The van der Waals surface area contributed by atoms with Gasteiger partial charge in [0.2, 0.25) is 5.91 Å². The van der Waals surface area contributed by atoms with Crippen molar-refractivity contribution in [2.24, 2.45) is 11.5 Å². The number of ether oxygens (including phenoxy) is 1. The van der Waals surface area contributed by atoms with Crippen LogP contribution in [0.15, 0.2) is 71.6 Å². The number of carbonyl (C=O) groups is 1. The van der Waals surface area contributed by atoms with Crippen LogP contribution < -0.4 is 26.2 Å². The summed E-state index contributed by atoms with van der Waals surface area (Å²) in [5.41, 5.74) is 14.4. The van der Waals surface area contributed by atoms with Gasteiger partial charge in [-0.05, 0) is 66.4 Å². The Hall–Kier alpha value is -3.44. The largest absolute Gasteiger partial charge is 0.497 e. The Morgan fingerprint density at radius 2 is 2.00 bits per heavy atom. The first-order chi connectivity index (χ1) is 16.9. The van der Waals surface area contributed by atoms with Crippen molar-refractivity contribution in [1.29, 1.82) is 5.41 Å². The molecule has 1 atom stereocenters. The molecule has 0 saturated heterocycles. The summed E-state index contributed by atoms with van der Waals surface area (Å²) in [7, 11) is 1.65. The zero-order valence-corrected chi connectivity index (χ0v) is 20.7. The Labute approximate surface area is 211 Å². The van der Waals surface area contributed by atoms with Gasteiger partial charge < -0.3 is 21.5 Å². The van der Waals surface area contributed by atoms with Gasteiger partial charge >= 0.3 is 0 Å². The number of aromatic nitrogens is 1. The molecular formula is C25H26N6O2S2. The number of nitrogen functional groups attached to an aromatic ring is 1. The molecule has 0 bridgehead atoms. The number of hydrogen-bond donors (Lipinski definition) is 5. The first-order valence-electron chi connectivity index (χ1n) is 10.9. The normalized spacial score (nSPS) is 11.8. The van der Waals surface area contributed by atoms with Gasteiger partial charge in [-0.2, -0.15) is 0 Å². The molecule has 1 heterocycles. The van der Waals surface area contributed by atoms with Crippen LogP contribution in [0.2, 0.25) is 0 Å². The second kappa shape index (κ2) is 11.3. The standard InChI is InChI=1S/C25H26N6O2S2/c1-33-18-8-9-20-22(13-18)34-25(30-20)21(11-15-4-2-5-16(10-15)24(27)28)31-35-19-7-3-6-17(12-19)29-23(32)14-26/h2-10,12-13,21,31H,11,14,26H2,1H3,(H3,27,28)(H,29,32). The summed E-state index contributed by atoms with van der Waals surface area (Å²) in [6.07, 6.45) is 0.647. The lowest BCUT2D eigenvalue weighted by Crippen LogP contribution is -2.21. The van der Waals surface area contributed by atoms with Crippen LogP contribution in [0, 0.1) is 5.41 Å². The molecule has 1 unspecified atom stereocenters. The number of thiazole rings is 1. The third kappa shape index (κ3) is 6.37. The van der Waals surface area contributed by atoms with E-state index in [1.165, 1.54) is 11.9 Å². The van der Waals surface area contributed by atoms with E-state index >= 15 is 0 Å². The summed E-state index contributed by atoms with van der Waals surface area (Å²) in [6, 6.07) is 21.0. The predicted octanol–water partition coefficient (Wildman–Crippen LogP) is 4.07. The maximum absolute atomic E-state index is 11.7. The average Bonchev–Trinajstić information content (AvgIpc) is 3.30. The Bertz CT molecular complexity index is 1360. The van der Waals surface area contributed by atoms with E-state index in [4.69, 9.17) is 26.6 Å². The summed E-state index contributed by atoms with van der Waals surface area (Å²) in [4.78, 5) is 17.5. The minimum Gasteiger partial charge on any atom is -0.497 e. The number of amidine groups is 1. The lowest BCUT2D eigenvalue weighted by atomic mass is 10.0. The van der Waals surface area contributed by atoms with Gasteiger partial charge in [-0.15, -0.1) is 11.3 Å². The number of nitrogens with two attached hydrogens (primary N) is 2. The van der Waals surface area contributed by atoms with Crippen molar-refractivity contribution in [3.05, 3.63) is 82.9 Å². The van der Waals surface area contributed by atoms with E-state index < -0.39 is 0 Å². The molecule has 3 aromatic carbocycles. The SMILES string of the molecule is COc1ccc2nc(C(Cc3cccc(C(=N)N)c3)NSc3cccc(NC(=O)CN)c3)sc2c1. The zero-order valence-electron chi connectivity index (χ0n) is 19.1. The fourth-order valence-corrected chi connectivity index (χ4v) is 5.40. The second-order valence-corrected chi connectivity index (χ2v) is 9.73. The van der Waals surface area contributed by atoms with Crippen LogP contribution in [0.1, 0.15) is 22.2 Å². The summed E-state index contributed by atoms with van der Waals surface area (Å²) in [6.45, 7) is -0.0700. The van der Waals surface area contributed by atoms with Gasteiger partial charge in [0.1, 0.15) is 16.6 Å². The van der Waals surface area contributed by atoms with Crippen LogP contribution in [-0.2, 0) is 11.2 Å². The van der Waals surface area contributed by atoms with Crippen LogP contribution in [-0.4, -0.2) is 30.4 Å². The van der Waals surface area contributed by atoms with Crippen molar-refractivity contribution in [2.45, 2.75) is 17.4 Å². The van der Waals surface area contributed by atoms with Crippen LogP contribution >= 0.6 is 23.3 Å².